The van der Waals surface area contributed by atoms with Crippen LogP contribution in [-0.4, -0.2) is 35.9 Å². The molecule has 0 aromatic heterocycles. The van der Waals surface area contributed by atoms with E-state index in [4.69, 9.17) is 4.74 Å². The highest BCUT2D eigenvalue weighted by atomic mass is 16.5. The number of aliphatic carboxylic acids is 1. The first-order valence-corrected chi connectivity index (χ1v) is 8.63. The van der Waals surface area contributed by atoms with Gasteiger partial charge in [-0.1, -0.05) is 19.3 Å². The zero-order valence-electron chi connectivity index (χ0n) is 13.6. The highest BCUT2D eigenvalue weighted by Gasteiger charge is 2.48. The molecular weight excluding hydrogens is 266 g/mol. The zero-order chi connectivity index (χ0) is 15.3. The molecule has 4 nitrogen and oxygen atoms in total. The van der Waals surface area contributed by atoms with Gasteiger partial charge in [0.25, 0.3) is 0 Å². The van der Waals surface area contributed by atoms with Crippen LogP contribution in [-0.2, 0) is 9.53 Å². The van der Waals surface area contributed by atoms with Crippen LogP contribution in [0.2, 0.25) is 0 Å². The first kappa shape index (κ1) is 16.8. The largest absolute Gasteiger partial charge is 0.480 e. The standard InChI is InChI=1S/C17H31NO3/c1-13(2)18-17(16(19)20)10-5-8-15(17)9-11-21-12-14-6-3-4-7-14/h13-15,18H,3-12H2,1-2H3,(H,19,20). The molecule has 21 heavy (non-hydrogen) atoms. The van der Waals surface area contributed by atoms with E-state index in [0.717, 1.165) is 38.2 Å². The summed E-state index contributed by atoms with van der Waals surface area (Å²) in [5, 5.41) is 13.0. The first-order chi connectivity index (χ1) is 10.0. The number of hydrogen-bond acceptors (Lipinski definition) is 3. The van der Waals surface area contributed by atoms with Crippen molar-refractivity contribution in [2.45, 2.75) is 76.8 Å². The van der Waals surface area contributed by atoms with E-state index in [1.807, 2.05) is 13.8 Å². The molecule has 122 valence electrons. The topological polar surface area (TPSA) is 58.6 Å². The van der Waals surface area contributed by atoms with Crippen molar-refractivity contribution >= 4 is 5.97 Å². The Hall–Kier alpha value is -0.610. The van der Waals surface area contributed by atoms with E-state index in [0.29, 0.717) is 6.61 Å². The monoisotopic (exact) mass is 297 g/mol. The fourth-order valence-electron chi connectivity index (χ4n) is 4.17. The van der Waals surface area contributed by atoms with Gasteiger partial charge in [0.2, 0.25) is 0 Å². The van der Waals surface area contributed by atoms with E-state index >= 15 is 0 Å². The minimum atomic E-state index is -0.731. The molecule has 2 aliphatic rings. The smallest absolute Gasteiger partial charge is 0.324 e. The molecule has 0 aromatic carbocycles. The van der Waals surface area contributed by atoms with Crippen LogP contribution in [0.15, 0.2) is 0 Å². The van der Waals surface area contributed by atoms with Gasteiger partial charge in [-0.25, -0.2) is 0 Å². The molecule has 2 unspecified atom stereocenters. The molecule has 2 N–H and O–H groups in total. The van der Waals surface area contributed by atoms with Crippen molar-refractivity contribution in [2.24, 2.45) is 11.8 Å². The summed E-state index contributed by atoms with van der Waals surface area (Å²) in [5.41, 5.74) is -0.731. The van der Waals surface area contributed by atoms with Gasteiger partial charge in [0.05, 0.1) is 0 Å². The quantitative estimate of drug-likeness (QED) is 0.675. The summed E-state index contributed by atoms with van der Waals surface area (Å²) < 4.78 is 5.84. The van der Waals surface area contributed by atoms with Gasteiger partial charge in [0.1, 0.15) is 5.54 Å². The molecule has 2 atom stereocenters. The highest BCUT2D eigenvalue weighted by Crippen LogP contribution is 2.38. The molecule has 2 rings (SSSR count). The minimum absolute atomic E-state index is 0.195. The molecular formula is C17H31NO3. The predicted octanol–water partition coefficient (Wildman–Crippen LogP) is 3.20. The average Bonchev–Trinajstić information content (AvgIpc) is 3.04. The van der Waals surface area contributed by atoms with Gasteiger partial charge in [-0.3, -0.25) is 10.1 Å². The molecule has 0 aliphatic heterocycles. The second-order valence-electron chi connectivity index (χ2n) is 7.18. The Bertz CT molecular complexity index is 339. The zero-order valence-corrected chi connectivity index (χ0v) is 13.6. The summed E-state index contributed by atoms with van der Waals surface area (Å²) in [6.45, 7) is 5.62. The fourth-order valence-corrected chi connectivity index (χ4v) is 4.17. The van der Waals surface area contributed by atoms with E-state index in [1.165, 1.54) is 25.7 Å². The Labute approximate surface area is 128 Å². The summed E-state index contributed by atoms with van der Waals surface area (Å²) in [5.74, 6) is 0.252. The van der Waals surface area contributed by atoms with Crippen LogP contribution in [0.25, 0.3) is 0 Å². The molecule has 4 heteroatoms. The van der Waals surface area contributed by atoms with Crippen LogP contribution in [0.1, 0.15) is 65.2 Å². The highest BCUT2D eigenvalue weighted by molar-refractivity contribution is 5.79. The molecule has 0 spiro atoms. The van der Waals surface area contributed by atoms with Gasteiger partial charge in [-0.05, 0) is 57.8 Å². The van der Waals surface area contributed by atoms with E-state index < -0.39 is 11.5 Å². The van der Waals surface area contributed by atoms with Crippen molar-refractivity contribution < 1.29 is 14.6 Å². The maximum absolute atomic E-state index is 11.8. The molecule has 2 fully saturated rings. The Balaban J connectivity index is 1.80. The Kier molecular flexibility index (Phi) is 6.06. The van der Waals surface area contributed by atoms with Crippen LogP contribution in [0, 0.1) is 11.8 Å². The number of nitrogens with one attached hydrogen (secondary N) is 1. The number of carboxylic acids is 1. The molecule has 0 aromatic rings. The second kappa shape index (κ2) is 7.59. The average molecular weight is 297 g/mol. The summed E-state index contributed by atoms with van der Waals surface area (Å²) in [6, 6.07) is 0.195. The maximum Gasteiger partial charge on any atom is 0.324 e. The van der Waals surface area contributed by atoms with Crippen LogP contribution in [0.4, 0.5) is 0 Å². The van der Waals surface area contributed by atoms with Crippen LogP contribution >= 0.6 is 0 Å². The van der Waals surface area contributed by atoms with Gasteiger partial charge in [0.15, 0.2) is 0 Å². The van der Waals surface area contributed by atoms with E-state index in [9.17, 15) is 9.90 Å². The van der Waals surface area contributed by atoms with Gasteiger partial charge < -0.3 is 9.84 Å². The Morgan fingerprint density at radius 2 is 2.00 bits per heavy atom. The summed E-state index contributed by atoms with van der Waals surface area (Å²) in [6.07, 6.45) is 8.90. The van der Waals surface area contributed by atoms with E-state index in [-0.39, 0.29) is 12.0 Å². The molecule has 0 radical (unpaired) electrons. The van der Waals surface area contributed by atoms with Gasteiger partial charge in [0, 0.05) is 19.3 Å². The minimum Gasteiger partial charge on any atom is -0.480 e. The van der Waals surface area contributed by atoms with Crippen molar-refractivity contribution in [3.63, 3.8) is 0 Å². The normalized spacial score (nSPS) is 30.3. The lowest BCUT2D eigenvalue weighted by Gasteiger charge is -2.34. The van der Waals surface area contributed by atoms with Crippen molar-refractivity contribution in [3.05, 3.63) is 0 Å². The third-order valence-electron chi connectivity index (χ3n) is 5.19. The Morgan fingerprint density at radius 3 is 2.62 bits per heavy atom. The van der Waals surface area contributed by atoms with Crippen molar-refractivity contribution in [2.75, 3.05) is 13.2 Å². The number of ether oxygens (including phenoxy) is 1. The molecule has 2 saturated carbocycles. The maximum atomic E-state index is 11.8. The molecule has 0 bridgehead atoms. The number of carbonyl (C=O) groups is 1. The van der Waals surface area contributed by atoms with E-state index in [1.54, 1.807) is 0 Å². The summed E-state index contributed by atoms with van der Waals surface area (Å²) in [7, 11) is 0. The van der Waals surface area contributed by atoms with E-state index in [2.05, 4.69) is 5.32 Å². The fraction of sp³-hybridized carbons (Fsp3) is 0.941. The van der Waals surface area contributed by atoms with Gasteiger partial charge >= 0.3 is 5.97 Å². The lowest BCUT2D eigenvalue weighted by Crippen LogP contribution is -2.57. The lowest BCUT2D eigenvalue weighted by atomic mass is 9.84. The van der Waals surface area contributed by atoms with Crippen molar-refractivity contribution in [3.8, 4) is 0 Å². The number of hydrogen-bond donors (Lipinski definition) is 2. The first-order valence-electron chi connectivity index (χ1n) is 8.63. The molecule has 0 amide bonds. The Morgan fingerprint density at radius 1 is 1.29 bits per heavy atom. The van der Waals surface area contributed by atoms with Gasteiger partial charge in [-0.2, -0.15) is 0 Å². The molecule has 2 aliphatic carbocycles. The molecule has 0 heterocycles. The predicted molar refractivity (Wildman–Crippen MR) is 83.4 cm³/mol. The lowest BCUT2D eigenvalue weighted by molar-refractivity contribution is -0.147. The van der Waals surface area contributed by atoms with Crippen LogP contribution in [0.5, 0.6) is 0 Å². The second-order valence-corrected chi connectivity index (χ2v) is 7.18. The summed E-state index contributed by atoms with van der Waals surface area (Å²) in [4.78, 5) is 11.8. The number of carboxylic acid groups (broad SMARTS) is 1. The van der Waals surface area contributed by atoms with Crippen molar-refractivity contribution in [1.82, 2.24) is 5.32 Å². The van der Waals surface area contributed by atoms with Crippen LogP contribution in [0.3, 0.4) is 0 Å². The van der Waals surface area contributed by atoms with Crippen LogP contribution < -0.4 is 5.32 Å². The third-order valence-corrected chi connectivity index (χ3v) is 5.19. The third kappa shape index (κ3) is 4.19. The van der Waals surface area contributed by atoms with Gasteiger partial charge in [-0.15, -0.1) is 0 Å². The summed E-state index contributed by atoms with van der Waals surface area (Å²) >= 11 is 0. The number of rotatable bonds is 8. The molecule has 0 saturated heterocycles. The van der Waals surface area contributed by atoms with Crippen molar-refractivity contribution in [1.29, 1.82) is 0 Å². The SMILES string of the molecule is CC(C)NC1(C(=O)O)CCCC1CCOCC1CCCC1.